The maximum atomic E-state index is 10.6. The number of benzene rings is 3. The minimum Gasteiger partial charge on any atom is -0.491 e. The summed E-state index contributed by atoms with van der Waals surface area (Å²) in [7, 11) is 0. The highest BCUT2D eigenvalue weighted by Gasteiger charge is 2.15. The molecule has 1 atom stereocenters. The molecule has 4 rings (SSSR count). The van der Waals surface area contributed by atoms with Crippen molar-refractivity contribution in [3.8, 4) is 5.75 Å². The van der Waals surface area contributed by atoms with Gasteiger partial charge in [-0.1, -0.05) is 47.5 Å². The van der Waals surface area contributed by atoms with E-state index < -0.39 is 6.10 Å². The number of nitrogens with one attached hydrogen (secondary N) is 1. The fourth-order valence-electron chi connectivity index (χ4n) is 3.40. The molecule has 0 unspecified atom stereocenters. The first kappa shape index (κ1) is 20.5. The average Bonchev–Trinajstić information content (AvgIpc) is 3.01. The van der Waals surface area contributed by atoms with Crippen LogP contribution in [0.15, 0.2) is 72.8 Å². The molecule has 1 heterocycles. The monoisotopic (exact) mass is 441 g/mol. The molecule has 0 bridgehead atoms. The van der Waals surface area contributed by atoms with Crippen LogP contribution in [0.3, 0.4) is 0 Å². The highest BCUT2D eigenvalue weighted by molar-refractivity contribution is 6.30. The Morgan fingerprint density at radius 1 is 0.833 bits per heavy atom. The van der Waals surface area contributed by atoms with E-state index in [0.29, 0.717) is 28.0 Å². The Bertz CT molecular complexity index is 1200. The smallest absolute Gasteiger partial charge is 0.203 e. The number of fused-ring (bicyclic) bond motifs is 1. The lowest BCUT2D eigenvalue weighted by molar-refractivity contribution is 0.0921. The molecule has 0 aliphatic carbocycles. The SMILES string of the molecule is N=c1n(Cc2ccc(Cl)cc2)c2ccccc2n1C[C@H](O)COc1ccc(Cl)cc1. The van der Waals surface area contributed by atoms with Crippen LogP contribution in [-0.2, 0) is 13.1 Å². The molecule has 7 heteroatoms. The molecule has 2 N–H and O–H groups in total. The Morgan fingerprint density at radius 2 is 1.40 bits per heavy atom. The summed E-state index contributed by atoms with van der Waals surface area (Å²) in [5.41, 5.74) is 3.19. The molecule has 5 nitrogen and oxygen atoms in total. The van der Waals surface area contributed by atoms with E-state index in [1.165, 1.54) is 0 Å². The number of hydrogen-bond donors (Lipinski definition) is 2. The summed E-state index contributed by atoms with van der Waals surface area (Å²) in [6, 6.07) is 22.4. The van der Waals surface area contributed by atoms with Gasteiger partial charge in [-0.2, -0.15) is 0 Å². The summed E-state index contributed by atoms with van der Waals surface area (Å²) in [6.07, 6.45) is -0.774. The van der Waals surface area contributed by atoms with Crippen LogP contribution in [0.25, 0.3) is 11.0 Å². The number of aliphatic hydroxyl groups excluding tert-OH is 1. The summed E-state index contributed by atoms with van der Waals surface area (Å²) in [5, 5.41) is 20.6. The Balaban J connectivity index is 1.56. The molecule has 0 aliphatic rings. The first-order valence-corrected chi connectivity index (χ1v) is 10.3. The Hall–Kier alpha value is -2.73. The second kappa shape index (κ2) is 8.96. The minimum absolute atomic E-state index is 0.116. The van der Waals surface area contributed by atoms with E-state index in [2.05, 4.69) is 0 Å². The summed E-state index contributed by atoms with van der Waals surface area (Å²) in [5.74, 6) is 0.639. The normalized spacial score (nSPS) is 12.2. The third-order valence-electron chi connectivity index (χ3n) is 4.88. The lowest BCUT2D eigenvalue weighted by Gasteiger charge is -2.14. The minimum atomic E-state index is -0.774. The van der Waals surface area contributed by atoms with Crippen molar-refractivity contribution in [2.24, 2.45) is 0 Å². The number of halogens is 2. The molecule has 0 saturated heterocycles. The van der Waals surface area contributed by atoms with E-state index in [-0.39, 0.29) is 13.2 Å². The zero-order valence-corrected chi connectivity index (χ0v) is 17.6. The Labute approximate surface area is 184 Å². The van der Waals surface area contributed by atoms with Crippen molar-refractivity contribution in [1.29, 1.82) is 5.41 Å². The van der Waals surface area contributed by atoms with Gasteiger partial charge in [0.05, 0.1) is 24.1 Å². The van der Waals surface area contributed by atoms with Crippen LogP contribution < -0.4 is 10.4 Å². The molecular weight excluding hydrogens is 421 g/mol. The summed E-state index contributed by atoms with van der Waals surface area (Å²) >= 11 is 11.9. The fourth-order valence-corrected chi connectivity index (χ4v) is 3.65. The molecule has 154 valence electrons. The molecule has 0 spiro atoms. The van der Waals surface area contributed by atoms with Gasteiger partial charge in [0.25, 0.3) is 0 Å². The number of hydrogen-bond acceptors (Lipinski definition) is 3. The van der Waals surface area contributed by atoms with Gasteiger partial charge in [-0.3, -0.25) is 5.41 Å². The van der Waals surface area contributed by atoms with Gasteiger partial charge in [0, 0.05) is 10.0 Å². The van der Waals surface area contributed by atoms with Gasteiger partial charge in [-0.05, 0) is 54.1 Å². The fraction of sp³-hybridized carbons (Fsp3) is 0.174. The van der Waals surface area contributed by atoms with E-state index in [1.54, 1.807) is 28.8 Å². The molecule has 1 aromatic heterocycles. The van der Waals surface area contributed by atoms with Gasteiger partial charge in [0.2, 0.25) is 5.62 Å². The van der Waals surface area contributed by atoms with Crippen LogP contribution in [0, 0.1) is 5.41 Å². The third kappa shape index (κ3) is 4.54. The third-order valence-corrected chi connectivity index (χ3v) is 5.38. The predicted molar refractivity (Wildman–Crippen MR) is 119 cm³/mol. The lowest BCUT2D eigenvalue weighted by Crippen LogP contribution is -2.31. The van der Waals surface area contributed by atoms with Gasteiger partial charge < -0.3 is 19.0 Å². The highest BCUT2D eigenvalue weighted by Crippen LogP contribution is 2.18. The largest absolute Gasteiger partial charge is 0.491 e. The number of aliphatic hydroxyl groups is 1. The van der Waals surface area contributed by atoms with Crippen LogP contribution in [0.2, 0.25) is 10.0 Å². The molecular formula is C23H21Cl2N3O2. The molecule has 0 aliphatic heterocycles. The van der Waals surface area contributed by atoms with Crippen molar-refractivity contribution < 1.29 is 9.84 Å². The van der Waals surface area contributed by atoms with Gasteiger partial charge >= 0.3 is 0 Å². The first-order valence-electron chi connectivity index (χ1n) is 9.55. The van der Waals surface area contributed by atoms with Crippen molar-refractivity contribution >= 4 is 34.2 Å². The van der Waals surface area contributed by atoms with E-state index in [0.717, 1.165) is 16.6 Å². The molecule has 0 radical (unpaired) electrons. The first-order chi connectivity index (χ1) is 14.5. The molecule has 30 heavy (non-hydrogen) atoms. The highest BCUT2D eigenvalue weighted by atomic mass is 35.5. The van der Waals surface area contributed by atoms with Crippen molar-refractivity contribution in [3.63, 3.8) is 0 Å². The topological polar surface area (TPSA) is 63.2 Å². The number of aromatic nitrogens is 2. The summed E-state index contributed by atoms with van der Waals surface area (Å²) < 4.78 is 9.39. The van der Waals surface area contributed by atoms with E-state index in [4.69, 9.17) is 33.3 Å². The van der Waals surface area contributed by atoms with Crippen LogP contribution in [0.4, 0.5) is 0 Å². The second-order valence-corrected chi connectivity index (χ2v) is 7.93. The molecule has 3 aromatic carbocycles. The van der Waals surface area contributed by atoms with Gasteiger partial charge in [-0.25, -0.2) is 0 Å². The second-order valence-electron chi connectivity index (χ2n) is 7.05. The van der Waals surface area contributed by atoms with Crippen LogP contribution in [0.5, 0.6) is 5.75 Å². The summed E-state index contributed by atoms with van der Waals surface area (Å²) in [4.78, 5) is 0. The molecule has 0 amide bonds. The molecule has 0 saturated carbocycles. The van der Waals surface area contributed by atoms with Crippen molar-refractivity contribution in [2.75, 3.05) is 6.61 Å². The van der Waals surface area contributed by atoms with Crippen molar-refractivity contribution in [2.45, 2.75) is 19.2 Å². The van der Waals surface area contributed by atoms with Gasteiger partial charge in [0.15, 0.2) is 0 Å². The standard InChI is InChI=1S/C23H21Cl2N3O2/c24-17-7-5-16(6-8-17)13-27-21-3-1-2-4-22(21)28(23(27)26)14-19(29)15-30-20-11-9-18(25)10-12-20/h1-12,19,26,29H,13-15H2/t19-/m0/s1. The summed E-state index contributed by atoms with van der Waals surface area (Å²) in [6.45, 7) is 0.909. The Kier molecular flexibility index (Phi) is 6.13. The quantitative estimate of drug-likeness (QED) is 0.435. The zero-order chi connectivity index (χ0) is 21.1. The molecule has 4 aromatic rings. The van der Waals surface area contributed by atoms with E-state index in [9.17, 15) is 5.11 Å². The van der Waals surface area contributed by atoms with Crippen LogP contribution in [-0.4, -0.2) is 27.0 Å². The Morgan fingerprint density at radius 3 is 2.03 bits per heavy atom. The zero-order valence-electron chi connectivity index (χ0n) is 16.1. The lowest BCUT2D eigenvalue weighted by atomic mass is 10.2. The van der Waals surface area contributed by atoms with E-state index in [1.807, 2.05) is 53.1 Å². The number of imidazole rings is 1. The van der Waals surface area contributed by atoms with Gasteiger partial charge in [0.1, 0.15) is 18.5 Å². The van der Waals surface area contributed by atoms with Crippen LogP contribution in [0.1, 0.15) is 5.56 Å². The number of nitrogens with zero attached hydrogens (tertiary/aromatic N) is 2. The average molecular weight is 442 g/mol. The van der Waals surface area contributed by atoms with Crippen molar-refractivity contribution in [1.82, 2.24) is 9.13 Å². The number of ether oxygens (including phenoxy) is 1. The van der Waals surface area contributed by atoms with E-state index >= 15 is 0 Å². The maximum absolute atomic E-state index is 10.6. The maximum Gasteiger partial charge on any atom is 0.203 e. The number of rotatable bonds is 7. The van der Waals surface area contributed by atoms with Gasteiger partial charge in [-0.15, -0.1) is 0 Å². The molecule has 0 fully saturated rings. The van der Waals surface area contributed by atoms with Crippen molar-refractivity contribution in [3.05, 3.63) is 94.0 Å². The predicted octanol–water partition coefficient (Wildman–Crippen LogP) is 4.72. The van der Waals surface area contributed by atoms with Crippen LogP contribution >= 0.6 is 23.2 Å². The number of para-hydroxylation sites is 2.